The molecule has 0 fully saturated rings. The van der Waals surface area contributed by atoms with Crippen LogP contribution in [-0.4, -0.2) is 67.6 Å². The third-order valence-electron chi connectivity index (χ3n) is 5.89. The Labute approximate surface area is 202 Å². The van der Waals surface area contributed by atoms with Crippen molar-refractivity contribution in [2.75, 3.05) is 19.7 Å². The lowest BCUT2D eigenvalue weighted by Crippen LogP contribution is -2.64. The second-order valence-electron chi connectivity index (χ2n) is 8.21. The maximum absolute atomic E-state index is 13.5. The number of rotatable bonds is 9. The van der Waals surface area contributed by atoms with Gasteiger partial charge in [-0.25, -0.2) is 19.5 Å². The van der Waals surface area contributed by atoms with Crippen LogP contribution in [0.5, 0.6) is 0 Å². The number of hydrogen-bond acceptors (Lipinski definition) is 7. The van der Waals surface area contributed by atoms with Crippen LogP contribution in [0.4, 0.5) is 4.79 Å². The van der Waals surface area contributed by atoms with Gasteiger partial charge in [0.25, 0.3) is 0 Å². The number of nitrogens with zero attached hydrogens (tertiary/aromatic N) is 5. The van der Waals surface area contributed by atoms with Gasteiger partial charge in [-0.3, -0.25) is 4.90 Å². The van der Waals surface area contributed by atoms with E-state index in [-0.39, 0.29) is 26.2 Å². The van der Waals surface area contributed by atoms with E-state index in [1.165, 1.54) is 17.2 Å². The van der Waals surface area contributed by atoms with Crippen molar-refractivity contribution in [3.05, 3.63) is 66.4 Å². The SMILES string of the molecule is CCC[N+]1(CC(=O)OCC)C(=O)C=CN(Cc2ccc(-c3ccccc3-c3nnn[nH]3)cc2)C1=O. The van der Waals surface area contributed by atoms with Gasteiger partial charge in [-0.1, -0.05) is 55.5 Å². The van der Waals surface area contributed by atoms with Crippen molar-refractivity contribution in [1.82, 2.24) is 25.5 Å². The molecule has 0 saturated heterocycles. The van der Waals surface area contributed by atoms with Crippen molar-refractivity contribution in [3.63, 3.8) is 0 Å². The molecular weight excluding hydrogens is 448 g/mol. The number of urea groups is 1. The van der Waals surface area contributed by atoms with Crippen molar-refractivity contribution in [1.29, 1.82) is 0 Å². The fraction of sp³-hybridized carbons (Fsp3) is 0.280. The van der Waals surface area contributed by atoms with Crippen molar-refractivity contribution in [2.45, 2.75) is 26.8 Å². The highest BCUT2D eigenvalue weighted by Gasteiger charge is 2.49. The number of imide groups is 1. The Morgan fingerprint density at radius 2 is 1.80 bits per heavy atom. The van der Waals surface area contributed by atoms with E-state index in [1.807, 2.05) is 55.5 Å². The maximum Gasteiger partial charge on any atom is 0.431 e. The van der Waals surface area contributed by atoms with Gasteiger partial charge in [0, 0.05) is 11.8 Å². The van der Waals surface area contributed by atoms with Gasteiger partial charge in [0.2, 0.25) is 0 Å². The molecule has 0 saturated carbocycles. The summed E-state index contributed by atoms with van der Waals surface area (Å²) in [4.78, 5) is 40.0. The molecule has 1 aromatic heterocycles. The maximum atomic E-state index is 13.5. The van der Waals surface area contributed by atoms with E-state index >= 15 is 0 Å². The lowest BCUT2D eigenvalue weighted by Gasteiger charge is -2.36. The summed E-state index contributed by atoms with van der Waals surface area (Å²) >= 11 is 0. The third kappa shape index (κ3) is 4.87. The molecule has 0 aliphatic carbocycles. The first-order chi connectivity index (χ1) is 17.0. The number of tetrazole rings is 1. The second kappa shape index (κ2) is 10.4. The number of carbonyl (C=O) groups excluding carboxylic acids is 3. The molecule has 2 heterocycles. The molecule has 0 spiro atoms. The van der Waals surface area contributed by atoms with Gasteiger partial charge < -0.3 is 4.74 Å². The summed E-state index contributed by atoms with van der Waals surface area (Å²) in [7, 11) is 0. The lowest BCUT2D eigenvalue weighted by atomic mass is 9.98. The molecule has 1 N–H and O–H groups in total. The average Bonchev–Trinajstić information content (AvgIpc) is 3.40. The van der Waals surface area contributed by atoms with Crippen molar-refractivity contribution in [2.24, 2.45) is 0 Å². The van der Waals surface area contributed by atoms with E-state index in [9.17, 15) is 14.4 Å². The summed E-state index contributed by atoms with van der Waals surface area (Å²) < 4.78 is 4.45. The summed E-state index contributed by atoms with van der Waals surface area (Å²) in [5.74, 6) is -0.400. The van der Waals surface area contributed by atoms with Crippen LogP contribution in [0.1, 0.15) is 25.8 Å². The summed E-state index contributed by atoms with van der Waals surface area (Å²) in [6.07, 6.45) is 3.42. The Bertz CT molecular complexity index is 1240. The molecule has 180 valence electrons. The summed E-state index contributed by atoms with van der Waals surface area (Å²) in [5.41, 5.74) is 3.68. The molecule has 2 aromatic carbocycles. The summed E-state index contributed by atoms with van der Waals surface area (Å²) in [6, 6.07) is 15.2. The molecule has 35 heavy (non-hydrogen) atoms. The van der Waals surface area contributed by atoms with Crippen molar-refractivity contribution >= 4 is 17.9 Å². The Balaban J connectivity index is 1.56. The zero-order chi connectivity index (χ0) is 24.8. The van der Waals surface area contributed by atoms with Gasteiger partial charge in [-0.15, -0.1) is 5.10 Å². The number of aromatic nitrogens is 4. The minimum absolute atomic E-state index is 0.190. The minimum atomic E-state index is -0.595. The molecule has 3 aromatic rings. The molecule has 10 heteroatoms. The number of carbonyl (C=O) groups is 3. The lowest BCUT2D eigenvalue weighted by molar-refractivity contribution is -0.768. The second-order valence-corrected chi connectivity index (χ2v) is 8.21. The van der Waals surface area contributed by atoms with E-state index in [2.05, 4.69) is 20.6 Å². The third-order valence-corrected chi connectivity index (χ3v) is 5.89. The van der Waals surface area contributed by atoms with Gasteiger partial charge in [-0.2, -0.15) is 4.48 Å². The molecule has 10 nitrogen and oxygen atoms in total. The van der Waals surface area contributed by atoms with E-state index in [4.69, 9.17) is 4.74 Å². The first kappa shape index (κ1) is 24.0. The van der Waals surface area contributed by atoms with Crippen LogP contribution in [0, 0.1) is 0 Å². The van der Waals surface area contributed by atoms with Gasteiger partial charge in [0.1, 0.15) is 0 Å². The smallest absolute Gasteiger partial charge is 0.431 e. The Morgan fingerprint density at radius 1 is 1.06 bits per heavy atom. The quantitative estimate of drug-likeness (QED) is 0.373. The molecule has 3 amide bonds. The van der Waals surface area contributed by atoms with Gasteiger partial charge in [0.15, 0.2) is 12.4 Å². The molecule has 1 aliphatic rings. The first-order valence-electron chi connectivity index (χ1n) is 11.5. The molecule has 0 bridgehead atoms. The highest BCUT2D eigenvalue weighted by atomic mass is 16.5. The van der Waals surface area contributed by atoms with E-state index in [0.29, 0.717) is 12.2 Å². The van der Waals surface area contributed by atoms with Gasteiger partial charge in [-0.05, 0) is 40.5 Å². The molecule has 0 radical (unpaired) electrons. The predicted octanol–water partition coefficient (Wildman–Crippen LogP) is 3.30. The van der Waals surface area contributed by atoms with Crippen LogP contribution in [0.25, 0.3) is 22.5 Å². The molecule has 1 atom stereocenters. The number of esters is 1. The van der Waals surface area contributed by atoms with Crippen molar-refractivity contribution < 1.29 is 23.6 Å². The fourth-order valence-corrected chi connectivity index (χ4v) is 4.26. The zero-order valence-electron chi connectivity index (χ0n) is 19.7. The molecule has 1 unspecified atom stereocenters. The Kier molecular flexibility index (Phi) is 7.11. The number of benzene rings is 2. The number of H-pyrrole nitrogens is 1. The van der Waals surface area contributed by atoms with E-state index in [1.54, 1.807) is 6.92 Å². The topological polar surface area (TPSA) is 118 Å². The number of nitrogens with one attached hydrogen (secondary N) is 1. The van der Waals surface area contributed by atoms with E-state index < -0.39 is 22.4 Å². The average molecular weight is 476 g/mol. The predicted molar refractivity (Wildman–Crippen MR) is 127 cm³/mol. The molecular formula is C25H27N6O4+. The number of hydrogen-bond donors (Lipinski definition) is 1. The van der Waals surface area contributed by atoms with Crippen LogP contribution >= 0.6 is 0 Å². The van der Waals surface area contributed by atoms with Gasteiger partial charge >= 0.3 is 17.9 Å². The minimum Gasteiger partial charge on any atom is -0.462 e. The normalized spacial score (nSPS) is 17.6. The summed E-state index contributed by atoms with van der Waals surface area (Å²) in [6.45, 7) is 3.94. The van der Waals surface area contributed by atoms with Crippen LogP contribution in [0.2, 0.25) is 0 Å². The highest BCUT2D eigenvalue weighted by molar-refractivity contribution is 5.95. The zero-order valence-corrected chi connectivity index (χ0v) is 19.7. The Morgan fingerprint density at radius 3 is 2.46 bits per heavy atom. The highest BCUT2D eigenvalue weighted by Crippen LogP contribution is 2.30. The Hall–Kier alpha value is -4.18. The summed E-state index contributed by atoms with van der Waals surface area (Å²) in [5, 5.41) is 14.1. The molecule has 4 rings (SSSR count). The van der Waals surface area contributed by atoms with Crippen molar-refractivity contribution in [3.8, 4) is 22.5 Å². The number of amides is 3. The fourth-order valence-electron chi connectivity index (χ4n) is 4.26. The van der Waals surface area contributed by atoms with Crippen LogP contribution in [-0.2, 0) is 20.9 Å². The van der Waals surface area contributed by atoms with Gasteiger partial charge in [0.05, 0.1) is 25.8 Å². The molecule has 1 aliphatic heterocycles. The largest absolute Gasteiger partial charge is 0.462 e. The number of quaternary nitrogens is 1. The number of ether oxygens (including phenoxy) is 1. The standard InChI is InChI=1S/C25H27N6O4/c1-3-15-31(17-23(33)35-4-2)22(32)13-14-30(25(31)34)16-18-9-11-19(12-10-18)20-7-5-6-8-21(20)24-26-28-29-27-24/h5-14H,3-4,15-17H2,1-2H3,(H,26,27,28,29)/q+1. The first-order valence-corrected chi connectivity index (χ1v) is 11.5. The van der Waals surface area contributed by atoms with Crippen LogP contribution in [0.3, 0.4) is 0 Å². The van der Waals surface area contributed by atoms with Crippen LogP contribution in [0.15, 0.2) is 60.8 Å². The van der Waals surface area contributed by atoms with Crippen LogP contribution < -0.4 is 0 Å². The van der Waals surface area contributed by atoms with E-state index in [0.717, 1.165) is 22.3 Å². The monoisotopic (exact) mass is 475 g/mol. The number of aromatic amines is 1.